The molecular weight excluding hydrogens is 416 g/mol. The molecular formula is C23H29ClN4O3. The number of likely N-dealkylation sites (tertiary alicyclic amines) is 1. The smallest absolute Gasteiger partial charge is 0.221 e. The van der Waals surface area contributed by atoms with E-state index in [1.165, 1.54) is 30.3 Å². The van der Waals surface area contributed by atoms with Crippen LogP contribution in [0.1, 0.15) is 25.3 Å². The van der Waals surface area contributed by atoms with Crippen LogP contribution < -0.4 is 21.1 Å². The van der Waals surface area contributed by atoms with Crippen LogP contribution in [0.4, 0.5) is 11.4 Å². The largest absolute Gasteiger partial charge is 0.508 e. The lowest BCUT2D eigenvalue weighted by Gasteiger charge is -2.40. The van der Waals surface area contributed by atoms with Crippen molar-refractivity contribution in [1.29, 1.82) is 0 Å². The number of halogens is 1. The number of nitrogens with one attached hydrogen (secondary N) is 2. The standard InChI is InChI=1S/C23H29ClN4O3/c1-15(29)26-21-5-3-19(30)11-22(21)31-14-18(25)13-28-8-6-23(7-9-28)12-16-10-17(24)2-4-20(16)27-23/h2-5,10-11,18,27,30H,6-9,12-14,25H2,1H3,(H,26,29)/t18-/m0/s1. The molecule has 1 saturated heterocycles. The van der Waals surface area contributed by atoms with Crippen LogP contribution in [0, 0.1) is 0 Å². The molecule has 4 rings (SSSR count). The number of nitrogens with zero attached hydrogens (tertiary/aromatic N) is 1. The summed E-state index contributed by atoms with van der Waals surface area (Å²) in [7, 11) is 0. The number of anilines is 2. The van der Waals surface area contributed by atoms with Gasteiger partial charge in [0.25, 0.3) is 0 Å². The quantitative estimate of drug-likeness (QED) is 0.510. The van der Waals surface area contributed by atoms with Crippen LogP contribution in [-0.4, -0.2) is 53.7 Å². The zero-order chi connectivity index (χ0) is 22.0. The maximum atomic E-state index is 11.4. The Balaban J connectivity index is 1.27. The molecule has 166 valence electrons. The fourth-order valence-corrected chi connectivity index (χ4v) is 4.69. The Morgan fingerprint density at radius 1 is 1.32 bits per heavy atom. The van der Waals surface area contributed by atoms with Gasteiger partial charge in [-0.25, -0.2) is 0 Å². The Bertz CT molecular complexity index is 960. The molecule has 2 aliphatic heterocycles. The summed E-state index contributed by atoms with van der Waals surface area (Å²) >= 11 is 6.15. The third-order valence-corrected chi connectivity index (χ3v) is 6.27. The van der Waals surface area contributed by atoms with E-state index in [9.17, 15) is 9.90 Å². The van der Waals surface area contributed by atoms with Crippen LogP contribution >= 0.6 is 11.6 Å². The van der Waals surface area contributed by atoms with E-state index >= 15 is 0 Å². The van der Waals surface area contributed by atoms with Crippen molar-refractivity contribution >= 4 is 28.9 Å². The van der Waals surface area contributed by atoms with Gasteiger partial charge in [0.2, 0.25) is 5.91 Å². The maximum Gasteiger partial charge on any atom is 0.221 e. The van der Waals surface area contributed by atoms with E-state index in [0.29, 0.717) is 18.0 Å². The average Bonchev–Trinajstić information content (AvgIpc) is 3.06. The average molecular weight is 445 g/mol. The van der Waals surface area contributed by atoms with Gasteiger partial charge in [0.15, 0.2) is 0 Å². The van der Waals surface area contributed by atoms with Crippen molar-refractivity contribution in [1.82, 2.24) is 4.90 Å². The lowest BCUT2D eigenvalue weighted by molar-refractivity contribution is -0.114. The van der Waals surface area contributed by atoms with Crippen LogP contribution in [0.25, 0.3) is 0 Å². The number of aromatic hydroxyl groups is 1. The van der Waals surface area contributed by atoms with Crippen LogP contribution in [0.2, 0.25) is 5.02 Å². The molecule has 0 aliphatic carbocycles. The zero-order valence-corrected chi connectivity index (χ0v) is 18.4. The minimum Gasteiger partial charge on any atom is -0.508 e. The number of rotatable bonds is 6. The number of carbonyl (C=O) groups is 1. The third kappa shape index (κ3) is 5.23. The van der Waals surface area contributed by atoms with Gasteiger partial charge in [0, 0.05) is 48.9 Å². The highest BCUT2D eigenvalue weighted by atomic mass is 35.5. The minimum absolute atomic E-state index is 0.0744. The van der Waals surface area contributed by atoms with Gasteiger partial charge < -0.3 is 31.1 Å². The van der Waals surface area contributed by atoms with Gasteiger partial charge in [-0.15, -0.1) is 0 Å². The molecule has 0 saturated carbocycles. The number of amides is 1. The zero-order valence-electron chi connectivity index (χ0n) is 17.7. The monoisotopic (exact) mass is 444 g/mol. The van der Waals surface area contributed by atoms with Crippen molar-refractivity contribution < 1.29 is 14.6 Å². The molecule has 2 heterocycles. The molecule has 1 spiro atoms. The number of carbonyl (C=O) groups excluding carboxylic acids is 1. The topological polar surface area (TPSA) is 99.8 Å². The van der Waals surface area contributed by atoms with Gasteiger partial charge in [-0.1, -0.05) is 11.6 Å². The van der Waals surface area contributed by atoms with Crippen LogP contribution in [0.5, 0.6) is 11.5 Å². The van der Waals surface area contributed by atoms with E-state index in [1.807, 2.05) is 6.07 Å². The molecule has 1 fully saturated rings. The highest BCUT2D eigenvalue weighted by Crippen LogP contribution is 2.40. The number of piperidine rings is 1. The summed E-state index contributed by atoms with van der Waals surface area (Å²) in [6.45, 7) is 4.37. The van der Waals surface area contributed by atoms with E-state index in [0.717, 1.165) is 43.9 Å². The Morgan fingerprint density at radius 3 is 2.84 bits per heavy atom. The summed E-state index contributed by atoms with van der Waals surface area (Å²) < 4.78 is 5.82. The van der Waals surface area contributed by atoms with Crippen molar-refractivity contribution in [2.45, 2.75) is 37.8 Å². The lowest BCUT2D eigenvalue weighted by Crippen LogP contribution is -2.51. The third-order valence-electron chi connectivity index (χ3n) is 6.03. The number of hydrogen-bond donors (Lipinski definition) is 4. The first-order valence-corrected chi connectivity index (χ1v) is 11.0. The van der Waals surface area contributed by atoms with E-state index in [4.69, 9.17) is 22.1 Å². The molecule has 0 bridgehead atoms. The summed E-state index contributed by atoms with van der Waals surface area (Å²) in [5.74, 6) is 0.284. The summed E-state index contributed by atoms with van der Waals surface area (Å²) in [6.07, 6.45) is 3.10. The van der Waals surface area contributed by atoms with E-state index < -0.39 is 0 Å². The second-order valence-corrected chi connectivity index (χ2v) is 9.05. The fourth-order valence-electron chi connectivity index (χ4n) is 4.49. The molecule has 2 aromatic rings. The van der Waals surface area contributed by atoms with Crippen molar-refractivity contribution in [2.24, 2.45) is 5.73 Å². The predicted octanol–water partition coefficient (Wildman–Crippen LogP) is 3.21. The van der Waals surface area contributed by atoms with Gasteiger partial charge >= 0.3 is 0 Å². The molecule has 0 aromatic heterocycles. The summed E-state index contributed by atoms with van der Waals surface area (Å²) in [5, 5.41) is 16.9. The van der Waals surface area contributed by atoms with Crippen molar-refractivity contribution in [3.8, 4) is 11.5 Å². The second kappa shape index (κ2) is 8.94. The van der Waals surface area contributed by atoms with Gasteiger partial charge in [-0.05, 0) is 55.2 Å². The van der Waals surface area contributed by atoms with E-state index in [2.05, 4.69) is 27.7 Å². The molecule has 0 unspecified atom stereocenters. The SMILES string of the molecule is CC(=O)Nc1ccc(O)cc1OC[C@@H](N)CN1CCC2(CC1)Cc1cc(Cl)ccc1N2. The lowest BCUT2D eigenvalue weighted by atomic mass is 9.85. The number of phenolic OH excluding ortho intramolecular Hbond substituents is 1. The summed E-state index contributed by atoms with van der Waals surface area (Å²) in [6, 6.07) is 10.5. The summed E-state index contributed by atoms with van der Waals surface area (Å²) in [4.78, 5) is 13.7. The highest BCUT2D eigenvalue weighted by Gasteiger charge is 2.39. The Labute approximate surface area is 187 Å². The Kier molecular flexibility index (Phi) is 6.27. The van der Waals surface area contributed by atoms with Crippen LogP contribution in [0.15, 0.2) is 36.4 Å². The Hall–Kier alpha value is -2.48. The van der Waals surface area contributed by atoms with Crippen LogP contribution in [0.3, 0.4) is 0 Å². The van der Waals surface area contributed by atoms with Gasteiger partial charge in [0.1, 0.15) is 18.1 Å². The molecule has 8 heteroatoms. The highest BCUT2D eigenvalue weighted by molar-refractivity contribution is 6.30. The number of benzene rings is 2. The fraction of sp³-hybridized carbons (Fsp3) is 0.435. The molecule has 2 aromatic carbocycles. The van der Waals surface area contributed by atoms with Crippen molar-refractivity contribution in [3.63, 3.8) is 0 Å². The molecule has 1 atom stereocenters. The molecule has 31 heavy (non-hydrogen) atoms. The first kappa shape index (κ1) is 21.7. The van der Waals surface area contributed by atoms with Gasteiger partial charge in [-0.2, -0.15) is 0 Å². The van der Waals surface area contributed by atoms with Crippen molar-refractivity contribution in [2.75, 3.05) is 36.9 Å². The number of ether oxygens (including phenoxy) is 1. The number of phenols is 1. The van der Waals surface area contributed by atoms with Crippen molar-refractivity contribution in [3.05, 3.63) is 47.0 Å². The van der Waals surface area contributed by atoms with E-state index in [1.54, 1.807) is 6.07 Å². The molecule has 5 N–H and O–H groups in total. The van der Waals surface area contributed by atoms with Gasteiger partial charge in [0.05, 0.1) is 11.7 Å². The normalized spacial score (nSPS) is 18.3. The second-order valence-electron chi connectivity index (χ2n) is 8.62. The molecule has 2 aliphatic rings. The first-order chi connectivity index (χ1) is 14.8. The van der Waals surface area contributed by atoms with E-state index in [-0.39, 0.29) is 23.2 Å². The Morgan fingerprint density at radius 2 is 2.10 bits per heavy atom. The van der Waals surface area contributed by atoms with Crippen LogP contribution in [-0.2, 0) is 11.2 Å². The molecule has 1 amide bonds. The number of fused-ring (bicyclic) bond motifs is 1. The minimum atomic E-state index is -0.202. The number of nitrogens with two attached hydrogens (primary N) is 1. The van der Waals surface area contributed by atoms with Gasteiger partial charge in [-0.3, -0.25) is 4.79 Å². The predicted molar refractivity (Wildman–Crippen MR) is 123 cm³/mol. The molecule has 7 nitrogen and oxygen atoms in total. The maximum absolute atomic E-state index is 11.4. The summed E-state index contributed by atoms with van der Waals surface area (Å²) in [5.41, 5.74) is 9.45. The first-order valence-electron chi connectivity index (χ1n) is 10.6. The molecule has 0 radical (unpaired) electrons. The number of hydrogen-bond acceptors (Lipinski definition) is 6.